The van der Waals surface area contributed by atoms with Crippen molar-refractivity contribution in [3.63, 3.8) is 0 Å². The van der Waals surface area contributed by atoms with Crippen molar-refractivity contribution in [3.05, 3.63) is 35.9 Å². The Morgan fingerprint density at radius 3 is 2.71 bits per heavy atom. The second kappa shape index (κ2) is 9.52. The van der Waals surface area contributed by atoms with Crippen LogP contribution in [0.3, 0.4) is 0 Å². The summed E-state index contributed by atoms with van der Waals surface area (Å²) < 4.78 is 11.3. The number of likely N-dealkylation sites (tertiary alicyclic amines) is 1. The Kier molecular flexibility index (Phi) is 7.08. The number of aliphatic carboxylic acids is 1. The molecule has 0 amide bonds. The second-order valence-electron chi connectivity index (χ2n) is 8.47. The van der Waals surface area contributed by atoms with E-state index in [1.807, 2.05) is 30.3 Å². The number of carboxylic acids is 1. The smallest absolute Gasteiger partial charge is 0.323 e. The Morgan fingerprint density at radius 1 is 1.29 bits per heavy atom. The summed E-state index contributed by atoms with van der Waals surface area (Å²) >= 11 is 0. The zero-order chi connectivity index (χ0) is 20.1. The van der Waals surface area contributed by atoms with Gasteiger partial charge >= 0.3 is 11.9 Å². The summed E-state index contributed by atoms with van der Waals surface area (Å²) in [4.78, 5) is 26.0. The largest absolute Gasteiger partial charge is 0.480 e. The number of benzene rings is 1. The molecule has 2 heterocycles. The molecular weight excluding hydrogens is 358 g/mol. The fourth-order valence-corrected chi connectivity index (χ4v) is 4.63. The zero-order valence-electron chi connectivity index (χ0n) is 16.8. The van der Waals surface area contributed by atoms with E-state index in [2.05, 4.69) is 13.8 Å². The third-order valence-electron chi connectivity index (χ3n) is 5.74. The molecule has 0 spiro atoms. The van der Waals surface area contributed by atoms with Gasteiger partial charge in [-0.15, -0.1) is 0 Å². The molecule has 3 rings (SSSR count). The van der Waals surface area contributed by atoms with E-state index in [-0.39, 0.29) is 25.2 Å². The van der Waals surface area contributed by atoms with Crippen LogP contribution in [0.15, 0.2) is 30.3 Å². The van der Waals surface area contributed by atoms with Crippen molar-refractivity contribution in [2.75, 3.05) is 19.7 Å². The standard InChI is InChI=1S/C22H31NO5/c1-15(2)10-17-8-9-27-21-18(11-17)12-23(20(21)22(25)26)13-19(24)28-14-16-6-4-3-5-7-16/h3-7,15,17-18,20-21H,8-14H2,1-2H3,(H,25,26)/t17-,18-,20-,21+/m0/s1. The molecule has 0 bridgehead atoms. The summed E-state index contributed by atoms with van der Waals surface area (Å²) in [5, 5.41) is 9.77. The van der Waals surface area contributed by atoms with Crippen molar-refractivity contribution in [3.8, 4) is 0 Å². The number of hydrogen-bond donors (Lipinski definition) is 1. The number of nitrogens with zero attached hydrogens (tertiary/aromatic N) is 1. The normalized spacial score (nSPS) is 28.0. The minimum absolute atomic E-state index is 0.0188. The molecule has 2 aliphatic rings. The highest BCUT2D eigenvalue weighted by molar-refractivity contribution is 5.77. The third-order valence-corrected chi connectivity index (χ3v) is 5.74. The van der Waals surface area contributed by atoms with E-state index in [0.717, 1.165) is 24.8 Å². The molecule has 6 heteroatoms. The van der Waals surface area contributed by atoms with E-state index in [0.29, 0.717) is 25.0 Å². The molecule has 1 aromatic rings. The first-order valence-electron chi connectivity index (χ1n) is 10.2. The van der Waals surface area contributed by atoms with Crippen molar-refractivity contribution in [2.24, 2.45) is 17.8 Å². The van der Waals surface area contributed by atoms with Crippen molar-refractivity contribution < 1.29 is 24.2 Å². The Morgan fingerprint density at radius 2 is 2.04 bits per heavy atom. The number of ether oxygens (including phenoxy) is 2. The molecule has 28 heavy (non-hydrogen) atoms. The van der Waals surface area contributed by atoms with Gasteiger partial charge in [0.25, 0.3) is 0 Å². The number of esters is 1. The molecule has 2 aliphatic heterocycles. The summed E-state index contributed by atoms with van der Waals surface area (Å²) in [5.74, 6) is -0.0121. The van der Waals surface area contributed by atoms with Gasteiger partial charge in [0, 0.05) is 19.1 Å². The van der Waals surface area contributed by atoms with Gasteiger partial charge in [0.05, 0.1) is 12.6 Å². The average Bonchev–Trinajstić information content (AvgIpc) is 2.85. The monoisotopic (exact) mass is 389 g/mol. The Bertz CT molecular complexity index is 662. The van der Waals surface area contributed by atoms with Gasteiger partial charge in [-0.1, -0.05) is 44.2 Å². The third kappa shape index (κ3) is 5.32. The summed E-state index contributed by atoms with van der Waals surface area (Å²) in [6.07, 6.45) is 2.72. The lowest BCUT2D eigenvalue weighted by atomic mass is 9.85. The summed E-state index contributed by atoms with van der Waals surface area (Å²) in [6, 6.07) is 8.69. The Balaban J connectivity index is 1.60. The minimum Gasteiger partial charge on any atom is -0.480 e. The van der Waals surface area contributed by atoms with E-state index >= 15 is 0 Å². The molecule has 0 aromatic heterocycles. The first kappa shape index (κ1) is 20.8. The van der Waals surface area contributed by atoms with Gasteiger partial charge in [0.15, 0.2) is 0 Å². The van der Waals surface area contributed by atoms with Crippen LogP contribution in [0.1, 0.15) is 38.7 Å². The summed E-state index contributed by atoms with van der Waals surface area (Å²) in [6.45, 7) is 5.77. The molecule has 2 saturated heterocycles. The Labute approximate surface area is 166 Å². The Hall–Kier alpha value is -1.92. The van der Waals surface area contributed by atoms with E-state index in [1.165, 1.54) is 0 Å². The maximum Gasteiger partial charge on any atom is 0.323 e. The van der Waals surface area contributed by atoms with Crippen LogP contribution in [0.4, 0.5) is 0 Å². The fourth-order valence-electron chi connectivity index (χ4n) is 4.63. The number of carbonyl (C=O) groups excluding carboxylic acids is 1. The molecule has 154 valence electrons. The van der Waals surface area contributed by atoms with Crippen LogP contribution in [0.5, 0.6) is 0 Å². The molecular formula is C22H31NO5. The molecule has 0 aliphatic carbocycles. The molecule has 0 saturated carbocycles. The van der Waals surface area contributed by atoms with Gasteiger partial charge in [0.1, 0.15) is 12.6 Å². The molecule has 6 nitrogen and oxygen atoms in total. The average molecular weight is 389 g/mol. The van der Waals surface area contributed by atoms with E-state index < -0.39 is 18.0 Å². The zero-order valence-corrected chi connectivity index (χ0v) is 16.8. The quantitative estimate of drug-likeness (QED) is 0.723. The summed E-state index contributed by atoms with van der Waals surface area (Å²) in [5.41, 5.74) is 0.914. The van der Waals surface area contributed by atoms with Crippen molar-refractivity contribution >= 4 is 11.9 Å². The maximum absolute atomic E-state index is 12.3. The minimum atomic E-state index is -0.925. The lowest BCUT2D eigenvalue weighted by Crippen LogP contribution is -2.45. The van der Waals surface area contributed by atoms with E-state index in [1.54, 1.807) is 4.90 Å². The molecule has 2 fully saturated rings. The highest BCUT2D eigenvalue weighted by Gasteiger charge is 2.48. The molecule has 4 atom stereocenters. The number of fused-ring (bicyclic) bond motifs is 1. The second-order valence-corrected chi connectivity index (χ2v) is 8.47. The first-order chi connectivity index (χ1) is 13.4. The van der Waals surface area contributed by atoms with E-state index in [9.17, 15) is 14.7 Å². The topological polar surface area (TPSA) is 76.1 Å². The van der Waals surface area contributed by atoms with Crippen LogP contribution >= 0.6 is 0 Å². The predicted molar refractivity (Wildman–Crippen MR) is 105 cm³/mol. The SMILES string of the molecule is CC(C)C[C@@H]1CCO[C@@H]2[C@@H](C1)CN(CC(=O)OCc1ccccc1)[C@@H]2C(=O)O. The van der Waals surface area contributed by atoms with Gasteiger partial charge in [-0.25, -0.2) is 0 Å². The van der Waals surface area contributed by atoms with Gasteiger partial charge in [0.2, 0.25) is 0 Å². The van der Waals surface area contributed by atoms with Gasteiger partial charge in [-0.05, 0) is 36.7 Å². The number of carbonyl (C=O) groups is 2. The first-order valence-corrected chi connectivity index (χ1v) is 10.2. The van der Waals surface area contributed by atoms with Crippen LogP contribution in [-0.2, 0) is 25.7 Å². The van der Waals surface area contributed by atoms with Crippen molar-refractivity contribution in [1.29, 1.82) is 0 Å². The lowest BCUT2D eigenvalue weighted by molar-refractivity contribution is -0.151. The van der Waals surface area contributed by atoms with Gasteiger partial charge < -0.3 is 14.6 Å². The number of hydrogen-bond acceptors (Lipinski definition) is 5. The van der Waals surface area contributed by atoms with Crippen molar-refractivity contribution in [2.45, 2.75) is 51.9 Å². The predicted octanol–water partition coefficient (Wildman–Crippen LogP) is 2.96. The fraction of sp³-hybridized carbons (Fsp3) is 0.636. The lowest BCUT2D eigenvalue weighted by Gasteiger charge is -2.23. The van der Waals surface area contributed by atoms with Crippen molar-refractivity contribution in [1.82, 2.24) is 4.90 Å². The molecule has 0 unspecified atom stereocenters. The maximum atomic E-state index is 12.3. The molecule has 1 aromatic carbocycles. The molecule has 1 N–H and O–H groups in total. The highest BCUT2D eigenvalue weighted by atomic mass is 16.5. The van der Waals surface area contributed by atoms with Crippen LogP contribution in [0, 0.1) is 17.8 Å². The van der Waals surface area contributed by atoms with Crippen LogP contribution in [0.25, 0.3) is 0 Å². The summed E-state index contributed by atoms with van der Waals surface area (Å²) in [7, 11) is 0. The number of rotatable bonds is 7. The van der Waals surface area contributed by atoms with E-state index in [4.69, 9.17) is 9.47 Å². The van der Waals surface area contributed by atoms with Gasteiger partial charge in [-0.3, -0.25) is 14.5 Å². The highest BCUT2D eigenvalue weighted by Crippen LogP contribution is 2.37. The van der Waals surface area contributed by atoms with Crippen LogP contribution < -0.4 is 0 Å². The van der Waals surface area contributed by atoms with Crippen LogP contribution in [-0.4, -0.2) is 53.8 Å². The van der Waals surface area contributed by atoms with Crippen LogP contribution in [0.2, 0.25) is 0 Å². The number of carboxylic acid groups (broad SMARTS) is 1. The van der Waals surface area contributed by atoms with Gasteiger partial charge in [-0.2, -0.15) is 0 Å². The molecule has 0 radical (unpaired) electrons.